The van der Waals surface area contributed by atoms with Crippen LogP contribution in [0.3, 0.4) is 0 Å². The van der Waals surface area contributed by atoms with Crippen LogP contribution in [0.1, 0.15) is 35.1 Å². The van der Waals surface area contributed by atoms with E-state index in [1.54, 1.807) is 22.8 Å². The number of hydrogen-bond donors (Lipinski definition) is 1. The maximum absolute atomic E-state index is 12.8. The molecule has 0 unspecified atom stereocenters. The Kier molecular flexibility index (Phi) is 6.66. The first-order valence-corrected chi connectivity index (χ1v) is 9.68. The van der Waals surface area contributed by atoms with E-state index in [-0.39, 0.29) is 11.3 Å². The fourth-order valence-corrected chi connectivity index (χ4v) is 3.23. The van der Waals surface area contributed by atoms with Crippen LogP contribution in [-0.4, -0.2) is 25.4 Å². The molecular weight excluding hydrogens is 378 g/mol. The molecule has 1 N–H and O–H groups in total. The lowest BCUT2D eigenvalue weighted by molar-refractivity contribution is 0.0697. The van der Waals surface area contributed by atoms with Crippen molar-refractivity contribution in [2.24, 2.45) is 0 Å². The maximum Gasteiger partial charge on any atom is 0.346 e. The third-order valence-electron chi connectivity index (χ3n) is 4.77. The summed E-state index contributed by atoms with van der Waals surface area (Å²) in [4.78, 5) is 24.3. The van der Waals surface area contributed by atoms with Crippen LogP contribution >= 0.6 is 0 Å². The number of nitrogens with zero attached hydrogens (tertiary/aromatic N) is 3. The number of aromatic nitrogens is 3. The Morgan fingerprint density at radius 3 is 2.60 bits per heavy atom. The van der Waals surface area contributed by atoms with E-state index in [0.717, 1.165) is 11.1 Å². The number of carbonyl (C=O) groups is 1. The fraction of sp³-hybridized carbons (Fsp3) is 0.208. The fourth-order valence-electron chi connectivity index (χ4n) is 3.23. The molecule has 0 radical (unpaired) electrons. The summed E-state index contributed by atoms with van der Waals surface area (Å²) in [6.07, 6.45) is 10.2. The molecular formula is C24H23N3O3. The third kappa shape index (κ3) is 4.58. The van der Waals surface area contributed by atoms with Crippen LogP contribution in [0.2, 0.25) is 0 Å². The van der Waals surface area contributed by atoms with Gasteiger partial charge in [0.05, 0.1) is 18.7 Å². The predicted octanol–water partition coefficient (Wildman–Crippen LogP) is 3.60. The van der Waals surface area contributed by atoms with Gasteiger partial charge in [-0.05, 0) is 29.7 Å². The molecule has 2 aromatic carbocycles. The molecule has 0 saturated carbocycles. The highest BCUT2D eigenvalue weighted by molar-refractivity contribution is 5.95. The standard InChI is InChI=1S/C24H23N3O3/c1-3-5-11-22-25-27(16-6-4-2)24(30)26(22)17-18-12-14-19(15-13-18)20-9-7-8-10-21(20)23(28)29/h2-3,5,7-10,12-15H,6,11,16-17H2,1H3,(H,28,29). The second kappa shape index (κ2) is 9.57. The van der Waals surface area contributed by atoms with Crippen molar-refractivity contribution in [3.8, 4) is 23.5 Å². The van der Waals surface area contributed by atoms with Crippen LogP contribution in [0.4, 0.5) is 0 Å². The molecule has 0 saturated heterocycles. The van der Waals surface area contributed by atoms with Gasteiger partial charge in [0, 0.05) is 12.8 Å². The highest BCUT2D eigenvalue weighted by atomic mass is 16.4. The van der Waals surface area contributed by atoms with Crippen molar-refractivity contribution in [1.82, 2.24) is 14.3 Å². The van der Waals surface area contributed by atoms with Crippen LogP contribution in [0.5, 0.6) is 0 Å². The Hall–Kier alpha value is -3.85. The Morgan fingerprint density at radius 2 is 1.93 bits per heavy atom. The predicted molar refractivity (Wildman–Crippen MR) is 116 cm³/mol. The zero-order valence-electron chi connectivity index (χ0n) is 16.8. The largest absolute Gasteiger partial charge is 0.478 e. The lowest BCUT2D eigenvalue weighted by Crippen LogP contribution is -2.26. The Bertz CT molecular complexity index is 1160. The molecule has 0 aliphatic carbocycles. The first kappa shape index (κ1) is 20.9. The van der Waals surface area contributed by atoms with Crippen molar-refractivity contribution in [2.45, 2.75) is 32.9 Å². The normalized spacial score (nSPS) is 10.9. The molecule has 3 rings (SSSR count). The van der Waals surface area contributed by atoms with Crippen molar-refractivity contribution in [1.29, 1.82) is 0 Å². The second-order valence-corrected chi connectivity index (χ2v) is 6.78. The molecule has 152 valence electrons. The smallest absolute Gasteiger partial charge is 0.346 e. The van der Waals surface area contributed by atoms with E-state index in [2.05, 4.69) is 11.0 Å². The molecule has 6 heteroatoms. The number of aromatic carboxylic acids is 1. The average molecular weight is 401 g/mol. The minimum Gasteiger partial charge on any atom is -0.478 e. The van der Waals surface area contributed by atoms with Gasteiger partial charge >= 0.3 is 11.7 Å². The average Bonchev–Trinajstić information content (AvgIpc) is 3.05. The minimum absolute atomic E-state index is 0.190. The van der Waals surface area contributed by atoms with Gasteiger partial charge in [-0.15, -0.1) is 12.3 Å². The molecule has 0 fully saturated rings. The molecule has 6 nitrogen and oxygen atoms in total. The first-order valence-electron chi connectivity index (χ1n) is 9.68. The van der Waals surface area contributed by atoms with Gasteiger partial charge in [0.2, 0.25) is 0 Å². The highest BCUT2D eigenvalue weighted by Crippen LogP contribution is 2.24. The number of benzene rings is 2. The zero-order chi connectivity index (χ0) is 21.5. The number of rotatable bonds is 8. The molecule has 1 heterocycles. The Morgan fingerprint density at radius 1 is 1.20 bits per heavy atom. The van der Waals surface area contributed by atoms with Crippen LogP contribution < -0.4 is 5.69 Å². The molecule has 0 spiro atoms. The van der Waals surface area contributed by atoms with Gasteiger partial charge in [-0.3, -0.25) is 4.57 Å². The van der Waals surface area contributed by atoms with E-state index in [4.69, 9.17) is 6.42 Å². The quantitative estimate of drug-likeness (QED) is 0.462. The molecule has 0 bridgehead atoms. The number of carboxylic acids is 1. The summed E-state index contributed by atoms with van der Waals surface area (Å²) >= 11 is 0. The third-order valence-corrected chi connectivity index (χ3v) is 4.77. The summed E-state index contributed by atoms with van der Waals surface area (Å²) in [5, 5.41) is 13.8. The van der Waals surface area contributed by atoms with Gasteiger partial charge < -0.3 is 5.11 Å². The van der Waals surface area contributed by atoms with E-state index in [9.17, 15) is 14.7 Å². The Labute approximate surface area is 175 Å². The second-order valence-electron chi connectivity index (χ2n) is 6.78. The van der Waals surface area contributed by atoms with Crippen LogP contribution in [0, 0.1) is 12.3 Å². The lowest BCUT2D eigenvalue weighted by Gasteiger charge is -2.08. The highest BCUT2D eigenvalue weighted by Gasteiger charge is 2.14. The van der Waals surface area contributed by atoms with Crippen molar-refractivity contribution in [3.63, 3.8) is 0 Å². The van der Waals surface area contributed by atoms with E-state index < -0.39 is 5.97 Å². The van der Waals surface area contributed by atoms with Gasteiger partial charge in [0.15, 0.2) is 0 Å². The number of hydrogen-bond acceptors (Lipinski definition) is 3. The summed E-state index contributed by atoms with van der Waals surface area (Å²) in [5.74, 6) is 2.25. The van der Waals surface area contributed by atoms with E-state index in [1.807, 2.05) is 49.4 Å². The number of aryl methyl sites for hydroxylation is 1. The topological polar surface area (TPSA) is 77.1 Å². The van der Waals surface area contributed by atoms with Crippen molar-refractivity contribution in [2.75, 3.05) is 0 Å². The van der Waals surface area contributed by atoms with Crippen molar-refractivity contribution < 1.29 is 9.90 Å². The molecule has 0 amide bonds. The summed E-state index contributed by atoms with van der Waals surface area (Å²) in [6.45, 7) is 2.68. The monoisotopic (exact) mass is 401 g/mol. The maximum atomic E-state index is 12.8. The summed E-state index contributed by atoms with van der Waals surface area (Å²) < 4.78 is 3.06. The van der Waals surface area contributed by atoms with Crippen LogP contribution in [-0.2, 0) is 19.5 Å². The van der Waals surface area contributed by atoms with Crippen molar-refractivity contribution >= 4 is 5.97 Å². The van der Waals surface area contributed by atoms with Crippen LogP contribution in [0.25, 0.3) is 11.1 Å². The summed E-state index contributed by atoms with van der Waals surface area (Å²) in [5.41, 5.74) is 2.45. The molecule has 0 aliphatic heterocycles. The minimum atomic E-state index is -0.964. The van der Waals surface area contributed by atoms with Crippen LogP contribution in [0.15, 0.2) is 65.5 Å². The van der Waals surface area contributed by atoms with Gasteiger partial charge in [-0.2, -0.15) is 5.10 Å². The number of carboxylic acid groups (broad SMARTS) is 1. The molecule has 0 atom stereocenters. The number of allylic oxidation sites excluding steroid dienone is 2. The number of terminal acetylenes is 1. The summed E-state index contributed by atoms with van der Waals surface area (Å²) in [7, 11) is 0. The van der Waals surface area contributed by atoms with Gasteiger partial charge in [0.1, 0.15) is 5.82 Å². The zero-order valence-corrected chi connectivity index (χ0v) is 16.8. The van der Waals surface area contributed by atoms with Gasteiger partial charge in [-0.1, -0.05) is 54.6 Å². The van der Waals surface area contributed by atoms with E-state index >= 15 is 0 Å². The lowest BCUT2D eigenvalue weighted by atomic mass is 9.99. The Balaban J connectivity index is 1.90. The molecule has 0 aliphatic rings. The van der Waals surface area contributed by atoms with E-state index in [1.165, 1.54) is 4.68 Å². The molecule has 1 aromatic heterocycles. The van der Waals surface area contributed by atoms with E-state index in [0.29, 0.717) is 37.3 Å². The molecule has 3 aromatic rings. The van der Waals surface area contributed by atoms with Gasteiger partial charge in [-0.25, -0.2) is 14.3 Å². The summed E-state index contributed by atoms with van der Waals surface area (Å²) in [6, 6.07) is 14.4. The SMILES string of the molecule is C#CCCn1nc(CC=CC)n(Cc2ccc(-c3ccccc3C(=O)O)cc2)c1=O. The van der Waals surface area contributed by atoms with Gasteiger partial charge in [0.25, 0.3) is 0 Å². The van der Waals surface area contributed by atoms with Crippen molar-refractivity contribution in [3.05, 3.63) is 88.1 Å². The molecule has 30 heavy (non-hydrogen) atoms. The first-order chi connectivity index (χ1) is 14.5.